The van der Waals surface area contributed by atoms with Crippen molar-refractivity contribution >= 4 is 39.8 Å². The number of tetrazole rings is 1. The van der Waals surface area contributed by atoms with Crippen LogP contribution in [0, 0.1) is 24.0 Å². The number of nitro benzene ring substituents is 1. The van der Waals surface area contributed by atoms with Crippen molar-refractivity contribution in [3.8, 4) is 23.0 Å². The molecule has 48 heavy (non-hydrogen) atoms. The summed E-state index contributed by atoms with van der Waals surface area (Å²) in [5.41, 5.74) is 3.76. The molecule has 13 heteroatoms. The SMILES string of the molecule is COc1ccc(Cn2nnnc2SCc2ccc(Oc3cc(C(=O)Nc4cc(C)ccc4C)c(O)c4ccccc34)c([N+](=O)[O-])c2)cc1. The molecule has 0 saturated carbocycles. The Bertz CT molecular complexity index is 2150. The quantitative estimate of drug-likeness (QED) is 0.0812. The maximum Gasteiger partial charge on any atom is 0.311 e. The fourth-order valence-electron chi connectivity index (χ4n) is 5.10. The normalized spacial score (nSPS) is 11.0. The molecule has 0 unspecified atom stereocenters. The number of aryl methyl sites for hydroxylation is 2. The molecule has 6 rings (SSSR count). The van der Waals surface area contributed by atoms with Crippen LogP contribution >= 0.6 is 11.8 Å². The first-order chi connectivity index (χ1) is 23.2. The van der Waals surface area contributed by atoms with E-state index in [-0.39, 0.29) is 28.5 Å². The smallest absolute Gasteiger partial charge is 0.311 e. The van der Waals surface area contributed by atoms with Crippen LogP contribution in [-0.4, -0.2) is 43.3 Å². The number of aromatic hydroxyl groups is 1. The number of phenols is 1. The lowest BCUT2D eigenvalue weighted by Crippen LogP contribution is -2.13. The van der Waals surface area contributed by atoms with Crippen LogP contribution in [0.3, 0.4) is 0 Å². The Hall–Kier alpha value is -5.95. The number of amides is 1. The third kappa shape index (κ3) is 6.90. The zero-order valence-electron chi connectivity index (χ0n) is 26.2. The average molecular weight is 663 g/mol. The predicted octanol–water partition coefficient (Wildman–Crippen LogP) is 7.45. The summed E-state index contributed by atoms with van der Waals surface area (Å²) in [6.07, 6.45) is 0. The highest BCUT2D eigenvalue weighted by Crippen LogP contribution is 2.41. The minimum Gasteiger partial charge on any atom is -0.506 e. The Morgan fingerprint density at radius 1 is 0.958 bits per heavy atom. The van der Waals surface area contributed by atoms with Crippen molar-refractivity contribution < 1.29 is 24.3 Å². The molecule has 1 aromatic heterocycles. The molecule has 0 saturated heterocycles. The number of methoxy groups -OCH3 is 1. The van der Waals surface area contributed by atoms with Crippen LogP contribution in [0.1, 0.15) is 32.6 Å². The van der Waals surface area contributed by atoms with Gasteiger partial charge in [-0.15, -0.1) is 5.10 Å². The maximum atomic E-state index is 13.4. The van der Waals surface area contributed by atoms with Gasteiger partial charge in [0.2, 0.25) is 10.9 Å². The number of phenolic OH excluding ortho intramolecular Hbond substituents is 1. The summed E-state index contributed by atoms with van der Waals surface area (Å²) in [7, 11) is 1.61. The van der Waals surface area contributed by atoms with Gasteiger partial charge in [0.1, 0.15) is 17.2 Å². The van der Waals surface area contributed by atoms with E-state index in [1.807, 2.05) is 56.3 Å². The van der Waals surface area contributed by atoms with E-state index in [2.05, 4.69) is 20.8 Å². The van der Waals surface area contributed by atoms with Crippen LogP contribution in [0.15, 0.2) is 96.2 Å². The van der Waals surface area contributed by atoms with E-state index in [4.69, 9.17) is 9.47 Å². The maximum absolute atomic E-state index is 13.4. The van der Waals surface area contributed by atoms with Crippen LogP contribution in [0.25, 0.3) is 10.8 Å². The van der Waals surface area contributed by atoms with Gasteiger partial charge >= 0.3 is 5.69 Å². The number of thioether (sulfide) groups is 1. The minimum absolute atomic E-state index is 0.0187. The zero-order valence-corrected chi connectivity index (χ0v) is 27.0. The Morgan fingerprint density at radius 2 is 1.71 bits per heavy atom. The number of hydrogen-bond acceptors (Lipinski definition) is 10. The fourth-order valence-corrected chi connectivity index (χ4v) is 5.92. The number of benzene rings is 5. The van der Waals surface area contributed by atoms with E-state index in [0.717, 1.165) is 22.4 Å². The lowest BCUT2D eigenvalue weighted by molar-refractivity contribution is -0.385. The van der Waals surface area contributed by atoms with Crippen molar-refractivity contribution in [2.24, 2.45) is 0 Å². The molecule has 0 atom stereocenters. The third-order valence-electron chi connectivity index (χ3n) is 7.66. The average Bonchev–Trinajstić information content (AvgIpc) is 3.53. The van der Waals surface area contributed by atoms with Gasteiger partial charge in [-0.1, -0.05) is 66.4 Å². The number of ether oxygens (including phenoxy) is 2. The topological polar surface area (TPSA) is 155 Å². The van der Waals surface area contributed by atoms with Gasteiger partial charge in [0.05, 0.1) is 24.1 Å². The van der Waals surface area contributed by atoms with E-state index in [1.54, 1.807) is 42.1 Å². The zero-order chi connectivity index (χ0) is 33.8. The van der Waals surface area contributed by atoms with Crippen LogP contribution in [-0.2, 0) is 12.3 Å². The summed E-state index contributed by atoms with van der Waals surface area (Å²) in [4.78, 5) is 25.1. The number of rotatable bonds is 11. The molecule has 0 fully saturated rings. The Morgan fingerprint density at radius 3 is 2.46 bits per heavy atom. The van der Waals surface area contributed by atoms with Crippen molar-refractivity contribution in [3.05, 3.63) is 129 Å². The van der Waals surface area contributed by atoms with Gasteiger partial charge in [-0.05, 0) is 76.9 Å². The molecule has 6 aromatic rings. The molecule has 0 aliphatic heterocycles. The first-order valence-corrected chi connectivity index (χ1v) is 15.8. The molecule has 12 nitrogen and oxygen atoms in total. The molecule has 0 aliphatic carbocycles. The first-order valence-electron chi connectivity index (χ1n) is 14.8. The molecule has 0 spiro atoms. The summed E-state index contributed by atoms with van der Waals surface area (Å²) in [5, 5.41) is 39.6. The fraction of sp³-hybridized carbons (Fsp3) is 0.143. The van der Waals surface area contributed by atoms with Crippen molar-refractivity contribution in [1.82, 2.24) is 20.2 Å². The number of nitro groups is 1. The van der Waals surface area contributed by atoms with Crippen molar-refractivity contribution in [3.63, 3.8) is 0 Å². The van der Waals surface area contributed by atoms with Gasteiger partial charge in [-0.3, -0.25) is 14.9 Å². The van der Waals surface area contributed by atoms with Crippen LogP contribution in [0.4, 0.5) is 11.4 Å². The predicted molar refractivity (Wildman–Crippen MR) is 182 cm³/mol. The van der Waals surface area contributed by atoms with Crippen LogP contribution in [0.2, 0.25) is 0 Å². The van der Waals surface area contributed by atoms with Gasteiger partial charge in [0, 0.05) is 28.3 Å². The molecule has 0 bridgehead atoms. The summed E-state index contributed by atoms with van der Waals surface area (Å²) < 4.78 is 13.0. The molecule has 5 aromatic carbocycles. The summed E-state index contributed by atoms with van der Waals surface area (Å²) >= 11 is 1.34. The summed E-state index contributed by atoms with van der Waals surface area (Å²) in [6, 6.07) is 26.2. The number of aromatic nitrogens is 4. The molecule has 1 heterocycles. The number of fused-ring (bicyclic) bond motifs is 1. The Labute approximate surface area is 279 Å². The second kappa shape index (κ2) is 13.8. The van der Waals surface area contributed by atoms with Gasteiger partial charge in [-0.2, -0.15) is 0 Å². The van der Waals surface area contributed by atoms with Gasteiger partial charge < -0.3 is 19.9 Å². The van der Waals surface area contributed by atoms with E-state index in [9.17, 15) is 20.0 Å². The molecular formula is C35H30N6O6S. The summed E-state index contributed by atoms with van der Waals surface area (Å²) in [5.74, 6) is 0.489. The van der Waals surface area contributed by atoms with E-state index in [0.29, 0.717) is 39.5 Å². The molecule has 242 valence electrons. The van der Waals surface area contributed by atoms with Gasteiger partial charge in [0.25, 0.3) is 5.91 Å². The number of carbonyl (C=O) groups is 1. The molecule has 0 radical (unpaired) electrons. The highest BCUT2D eigenvalue weighted by molar-refractivity contribution is 7.98. The van der Waals surface area contributed by atoms with Crippen LogP contribution in [0.5, 0.6) is 23.0 Å². The van der Waals surface area contributed by atoms with Crippen molar-refractivity contribution in [1.29, 1.82) is 0 Å². The largest absolute Gasteiger partial charge is 0.506 e. The third-order valence-corrected chi connectivity index (χ3v) is 8.69. The second-order valence-corrected chi connectivity index (χ2v) is 11.9. The highest BCUT2D eigenvalue weighted by Gasteiger charge is 2.23. The second-order valence-electron chi connectivity index (χ2n) is 11.0. The monoisotopic (exact) mass is 662 g/mol. The lowest BCUT2D eigenvalue weighted by Gasteiger charge is -2.15. The molecule has 2 N–H and O–H groups in total. The van der Waals surface area contributed by atoms with Gasteiger partial charge in [0.15, 0.2) is 0 Å². The van der Waals surface area contributed by atoms with E-state index < -0.39 is 10.8 Å². The first kappa shape index (κ1) is 32.0. The lowest BCUT2D eigenvalue weighted by atomic mass is 10.0. The number of nitrogens with one attached hydrogen (secondary N) is 1. The summed E-state index contributed by atoms with van der Waals surface area (Å²) in [6.45, 7) is 4.23. The number of carbonyl (C=O) groups excluding carboxylic acids is 1. The minimum atomic E-state index is -0.548. The van der Waals surface area contributed by atoms with Crippen LogP contribution < -0.4 is 14.8 Å². The highest BCUT2D eigenvalue weighted by atomic mass is 32.2. The van der Waals surface area contributed by atoms with E-state index >= 15 is 0 Å². The Kier molecular flexibility index (Phi) is 9.21. The number of hydrogen-bond donors (Lipinski definition) is 2. The number of nitrogens with zero attached hydrogens (tertiary/aromatic N) is 5. The molecule has 1 amide bonds. The Balaban J connectivity index is 1.25. The van der Waals surface area contributed by atoms with Gasteiger partial charge in [-0.25, -0.2) is 4.68 Å². The van der Waals surface area contributed by atoms with E-state index in [1.165, 1.54) is 30.0 Å². The number of anilines is 1. The molecular weight excluding hydrogens is 632 g/mol. The standard InChI is InChI=1S/C35H30N6O6S/c1-21-8-9-22(2)29(16-21)36-34(43)28-18-32(26-6-4-5-7-27(26)33(28)42)47-31-15-12-24(17-30(31)41(44)45)20-48-35-37-38-39-40(35)19-23-10-13-25(46-3)14-11-23/h4-18,42H,19-20H2,1-3H3,(H,36,43). The van der Waals surface area contributed by atoms with Crippen molar-refractivity contribution in [2.45, 2.75) is 31.3 Å². The molecule has 0 aliphatic rings. The van der Waals surface area contributed by atoms with Crippen molar-refractivity contribution in [2.75, 3.05) is 12.4 Å².